The Bertz CT molecular complexity index is 297. The van der Waals surface area contributed by atoms with E-state index in [9.17, 15) is 15.3 Å². The molecular weight excluding hydrogens is 236 g/mol. The Morgan fingerprint density at radius 2 is 1.72 bits per heavy atom. The summed E-state index contributed by atoms with van der Waals surface area (Å²) in [5.74, 6) is 0. The van der Waals surface area contributed by atoms with Gasteiger partial charge in [0.05, 0.1) is 35.9 Å². The number of hydrogen-bond acceptors (Lipinski definition) is 5. The summed E-state index contributed by atoms with van der Waals surface area (Å²) in [6.07, 6.45) is -1.49. The topological polar surface area (TPSA) is 79.2 Å². The van der Waals surface area contributed by atoms with Gasteiger partial charge in [0.1, 0.15) is 6.10 Å². The Labute approximate surface area is 109 Å². The number of rotatable bonds is 4. The highest BCUT2D eigenvalue weighted by Gasteiger charge is 2.62. The molecule has 3 N–H and O–H groups in total. The first-order valence-corrected chi connectivity index (χ1v) is 6.37. The Hall–Kier alpha value is -0.200. The minimum absolute atomic E-state index is 0.197. The van der Waals surface area contributed by atoms with Gasteiger partial charge in [-0.15, -0.1) is 0 Å². The summed E-state index contributed by atoms with van der Waals surface area (Å²) in [5, 5.41) is 30.4. The third kappa shape index (κ3) is 2.08. The number of ether oxygens (including phenoxy) is 2. The first kappa shape index (κ1) is 15.9. The van der Waals surface area contributed by atoms with Crippen LogP contribution in [0.15, 0.2) is 0 Å². The quantitative estimate of drug-likeness (QED) is 0.679. The van der Waals surface area contributed by atoms with Gasteiger partial charge in [-0.05, 0) is 20.3 Å². The molecule has 0 amide bonds. The van der Waals surface area contributed by atoms with E-state index in [1.165, 1.54) is 7.11 Å². The van der Waals surface area contributed by atoms with Crippen LogP contribution in [-0.2, 0) is 9.47 Å². The summed E-state index contributed by atoms with van der Waals surface area (Å²) in [5.41, 5.74) is -2.71. The van der Waals surface area contributed by atoms with E-state index in [4.69, 9.17) is 9.47 Å². The molecule has 0 aromatic carbocycles. The van der Waals surface area contributed by atoms with Gasteiger partial charge in [0.2, 0.25) is 0 Å². The van der Waals surface area contributed by atoms with Gasteiger partial charge in [-0.3, -0.25) is 0 Å². The molecule has 108 valence electrons. The van der Waals surface area contributed by atoms with Crippen molar-refractivity contribution in [3.05, 3.63) is 0 Å². The lowest BCUT2D eigenvalue weighted by Crippen LogP contribution is -2.72. The minimum atomic E-state index is -1.02. The summed E-state index contributed by atoms with van der Waals surface area (Å²) in [6.45, 7) is 7.09. The molecule has 5 heteroatoms. The number of hydrogen-bond donors (Lipinski definition) is 3. The maximum atomic E-state index is 10.4. The Morgan fingerprint density at radius 3 is 2.11 bits per heavy atom. The molecule has 18 heavy (non-hydrogen) atoms. The average molecular weight is 262 g/mol. The smallest absolute Gasteiger partial charge is 0.109 e. The maximum Gasteiger partial charge on any atom is 0.109 e. The number of aliphatic hydroxyl groups excluding tert-OH is 3. The molecule has 1 heterocycles. The van der Waals surface area contributed by atoms with E-state index in [1.54, 1.807) is 20.8 Å². The molecule has 1 aliphatic heterocycles. The van der Waals surface area contributed by atoms with Crippen molar-refractivity contribution in [3.8, 4) is 0 Å². The van der Waals surface area contributed by atoms with E-state index >= 15 is 0 Å². The summed E-state index contributed by atoms with van der Waals surface area (Å²) in [7, 11) is 1.52. The summed E-state index contributed by atoms with van der Waals surface area (Å²) >= 11 is 0. The number of methoxy groups -OCH3 is 1. The Morgan fingerprint density at radius 1 is 1.17 bits per heavy atom. The van der Waals surface area contributed by atoms with Crippen molar-refractivity contribution in [2.45, 2.75) is 57.5 Å². The molecule has 0 bridgehead atoms. The van der Waals surface area contributed by atoms with Crippen molar-refractivity contribution in [1.82, 2.24) is 0 Å². The lowest BCUT2D eigenvalue weighted by molar-refractivity contribution is -0.329. The average Bonchev–Trinajstić information content (AvgIpc) is 2.35. The van der Waals surface area contributed by atoms with Gasteiger partial charge >= 0.3 is 0 Å². The largest absolute Gasteiger partial charge is 0.393 e. The third-order valence-corrected chi connectivity index (χ3v) is 4.69. The van der Waals surface area contributed by atoms with Gasteiger partial charge in [-0.2, -0.15) is 0 Å². The van der Waals surface area contributed by atoms with Crippen molar-refractivity contribution < 1.29 is 24.8 Å². The molecule has 0 aromatic heterocycles. The molecule has 0 aliphatic carbocycles. The summed E-state index contributed by atoms with van der Waals surface area (Å²) in [6, 6.07) is 0. The second-order valence-electron chi connectivity index (χ2n) is 5.90. The van der Waals surface area contributed by atoms with Gasteiger partial charge in [-0.1, -0.05) is 13.8 Å². The van der Waals surface area contributed by atoms with Gasteiger partial charge in [0.15, 0.2) is 0 Å². The van der Waals surface area contributed by atoms with Crippen molar-refractivity contribution >= 4 is 0 Å². The zero-order chi connectivity index (χ0) is 14.2. The Balaban J connectivity index is 3.21. The highest BCUT2D eigenvalue weighted by molar-refractivity contribution is 5.10. The molecule has 0 spiro atoms. The van der Waals surface area contributed by atoms with E-state index in [-0.39, 0.29) is 13.2 Å². The molecule has 0 saturated carbocycles. The van der Waals surface area contributed by atoms with Gasteiger partial charge < -0.3 is 24.8 Å². The van der Waals surface area contributed by atoms with Crippen LogP contribution >= 0.6 is 0 Å². The van der Waals surface area contributed by atoms with E-state index in [1.807, 2.05) is 6.92 Å². The van der Waals surface area contributed by atoms with Crippen LogP contribution in [0.4, 0.5) is 0 Å². The van der Waals surface area contributed by atoms with Gasteiger partial charge in [0, 0.05) is 7.11 Å². The van der Waals surface area contributed by atoms with Crippen molar-refractivity contribution in [1.29, 1.82) is 0 Å². The SMILES string of the molecule is CC[C@@]1(C)OC(C)(CO)[C@@](C)(COC)C(O)[C@@H]1O. The second-order valence-corrected chi connectivity index (χ2v) is 5.90. The van der Waals surface area contributed by atoms with E-state index in [0.717, 1.165) is 0 Å². The highest BCUT2D eigenvalue weighted by Crippen LogP contribution is 2.49. The van der Waals surface area contributed by atoms with Crippen LogP contribution in [0, 0.1) is 5.41 Å². The van der Waals surface area contributed by atoms with E-state index in [2.05, 4.69) is 0 Å². The molecular formula is C13H26O5. The maximum absolute atomic E-state index is 10.4. The monoisotopic (exact) mass is 262 g/mol. The molecule has 2 unspecified atom stereocenters. The highest BCUT2D eigenvalue weighted by atomic mass is 16.6. The zero-order valence-corrected chi connectivity index (χ0v) is 11.9. The fourth-order valence-corrected chi connectivity index (χ4v) is 2.72. The normalized spacial score (nSPS) is 49.3. The molecule has 1 fully saturated rings. The predicted octanol–water partition coefficient (Wildman–Crippen LogP) is 0.311. The molecule has 0 aromatic rings. The predicted molar refractivity (Wildman–Crippen MR) is 67.3 cm³/mol. The molecule has 5 nitrogen and oxygen atoms in total. The van der Waals surface area contributed by atoms with Crippen LogP contribution in [0.25, 0.3) is 0 Å². The van der Waals surface area contributed by atoms with Crippen LogP contribution in [0.2, 0.25) is 0 Å². The minimum Gasteiger partial charge on any atom is -0.393 e. The first-order chi connectivity index (χ1) is 8.20. The summed E-state index contributed by atoms with van der Waals surface area (Å²) < 4.78 is 11.1. The van der Waals surface area contributed by atoms with Crippen LogP contribution in [0.5, 0.6) is 0 Å². The lowest BCUT2D eigenvalue weighted by atomic mass is 9.64. The van der Waals surface area contributed by atoms with Crippen LogP contribution in [-0.4, -0.2) is 59.1 Å². The van der Waals surface area contributed by atoms with Crippen molar-refractivity contribution in [2.75, 3.05) is 20.3 Å². The molecule has 1 saturated heterocycles. The van der Waals surface area contributed by atoms with E-state index in [0.29, 0.717) is 6.42 Å². The standard InChI is InChI=1S/C13H26O5/c1-6-12(3)10(16)9(15)11(2,8-17-5)13(4,7-14)18-12/h9-10,14-16H,6-8H2,1-5H3/t9?,10-,11-,12+,13?/m0/s1. The van der Waals surface area contributed by atoms with Gasteiger partial charge in [-0.25, -0.2) is 0 Å². The second kappa shape index (κ2) is 5.06. The van der Waals surface area contributed by atoms with Crippen molar-refractivity contribution in [2.24, 2.45) is 5.41 Å². The molecule has 0 radical (unpaired) electrons. The van der Waals surface area contributed by atoms with E-state index < -0.39 is 28.8 Å². The van der Waals surface area contributed by atoms with Crippen LogP contribution in [0.1, 0.15) is 34.1 Å². The fraction of sp³-hybridized carbons (Fsp3) is 1.00. The molecule has 1 rings (SSSR count). The lowest BCUT2D eigenvalue weighted by Gasteiger charge is -2.59. The zero-order valence-electron chi connectivity index (χ0n) is 11.9. The molecule has 5 atom stereocenters. The molecule has 1 aliphatic rings. The Kier molecular flexibility index (Phi) is 4.45. The summed E-state index contributed by atoms with van der Waals surface area (Å²) in [4.78, 5) is 0. The number of aliphatic hydroxyl groups is 3. The van der Waals surface area contributed by atoms with Crippen LogP contribution < -0.4 is 0 Å². The third-order valence-electron chi connectivity index (χ3n) is 4.69. The van der Waals surface area contributed by atoms with Crippen molar-refractivity contribution in [3.63, 3.8) is 0 Å². The van der Waals surface area contributed by atoms with Crippen LogP contribution in [0.3, 0.4) is 0 Å². The first-order valence-electron chi connectivity index (χ1n) is 6.37. The van der Waals surface area contributed by atoms with Gasteiger partial charge in [0.25, 0.3) is 0 Å². The fourth-order valence-electron chi connectivity index (χ4n) is 2.72.